The Morgan fingerprint density at radius 1 is 1.00 bits per heavy atom. The van der Waals surface area contributed by atoms with E-state index in [1.807, 2.05) is 67.6 Å². The van der Waals surface area contributed by atoms with E-state index in [4.69, 9.17) is 4.42 Å². The summed E-state index contributed by atoms with van der Waals surface area (Å²) in [7, 11) is 0. The van der Waals surface area contributed by atoms with Crippen molar-refractivity contribution in [3.8, 4) is 22.7 Å². The number of rotatable bonds is 4. The van der Waals surface area contributed by atoms with Gasteiger partial charge in [0.15, 0.2) is 5.58 Å². The van der Waals surface area contributed by atoms with Gasteiger partial charge in [-0.3, -0.25) is 9.89 Å². The van der Waals surface area contributed by atoms with Gasteiger partial charge < -0.3 is 9.73 Å². The highest BCUT2D eigenvalue weighted by Crippen LogP contribution is 2.32. The van der Waals surface area contributed by atoms with Crippen molar-refractivity contribution in [3.05, 3.63) is 90.1 Å². The van der Waals surface area contributed by atoms with Crippen LogP contribution in [0.15, 0.2) is 83.4 Å². The normalized spacial score (nSPS) is 11.0. The van der Waals surface area contributed by atoms with Gasteiger partial charge in [0.2, 0.25) is 5.89 Å². The number of oxazole rings is 1. The van der Waals surface area contributed by atoms with Crippen molar-refractivity contribution in [2.24, 2.45) is 0 Å². The quantitative estimate of drug-likeness (QED) is 0.425. The molecule has 0 saturated carbocycles. The Labute approximate surface area is 172 Å². The van der Waals surface area contributed by atoms with E-state index in [1.54, 1.807) is 18.3 Å². The van der Waals surface area contributed by atoms with Crippen molar-refractivity contribution in [2.75, 3.05) is 5.32 Å². The summed E-state index contributed by atoms with van der Waals surface area (Å²) in [6.45, 7) is 2.02. The smallest absolute Gasteiger partial charge is 0.255 e. The molecule has 5 rings (SSSR count). The minimum Gasteiger partial charge on any atom is -0.436 e. The topological polar surface area (TPSA) is 83.8 Å². The number of fused-ring (bicyclic) bond motifs is 1. The van der Waals surface area contributed by atoms with E-state index in [0.29, 0.717) is 17.1 Å². The van der Waals surface area contributed by atoms with Crippen molar-refractivity contribution < 1.29 is 9.21 Å². The second-order valence-corrected chi connectivity index (χ2v) is 7.05. The van der Waals surface area contributed by atoms with Crippen LogP contribution in [0.2, 0.25) is 0 Å². The van der Waals surface area contributed by atoms with E-state index in [9.17, 15) is 4.79 Å². The first-order chi connectivity index (χ1) is 14.7. The number of anilines is 1. The van der Waals surface area contributed by atoms with Gasteiger partial charge >= 0.3 is 0 Å². The van der Waals surface area contributed by atoms with Gasteiger partial charge in [0, 0.05) is 16.8 Å². The van der Waals surface area contributed by atoms with Crippen LogP contribution in [-0.4, -0.2) is 21.1 Å². The number of benzene rings is 3. The van der Waals surface area contributed by atoms with Crippen molar-refractivity contribution in [3.63, 3.8) is 0 Å². The molecule has 0 fully saturated rings. The molecule has 2 heterocycles. The van der Waals surface area contributed by atoms with Crippen LogP contribution in [0.3, 0.4) is 0 Å². The predicted molar refractivity (Wildman–Crippen MR) is 116 cm³/mol. The van der Waals surface area contributed by atoms with Gasteiger partial charge in [0.25, 0.3) is 5.91 Å². The molecule has 0 aliphatic rings. The molecule has 0 radical (unpaired) electrons. The van der Waals surface area contributed by atoms with Crippen LogP contribution in [-0.2, 0) is 0 Å². The lowest BCUT2D eigenvalue weighted by Gasteiger charge is -2.06. The highest BCUT2D eigenvalue weighted by Gasteiger charge is 2.16. The molecule has 6 heteroatoms. The minimum atomic E-state index is -0.146. The van der Waals surface area contributed by atoms with Crippen LogP contribution in [0.5, 0.6) is 0 Å². The predicted octanol–water partition coefficient (Wildman–Crippen LogP) is 5.45. The van der Waals surface area contributed by atoms with Crippen molar-refractivity contribution in [1.29, 1.82) is 0 Å². The van der Waals surface area contributed by atoms with E-state index in [-0.39, 0.29) is 5.91 Å². The van der Waals surface area contributed by atoms with E-state index < -0.39 is 0 Å². The Morgan fingerprint density at radius 2 is 1.80 bits per heavy atom. The molecule has 30 heavy (non-hydrogen) atoms. The van der Waals surface area contributed by atoms with E-state index >= 15 is 0 Å². The fraction of sp³-hybridized carbons (Fsp3) is 0.0417. The number of aromatic nitrogens is 3. The van der Waals surface area contributed by atoms with Gasteiger partial charge in [0.1, 0.15) is 5.52 Å². The number of H-pyrrole nitrogens is 1. The van der Waals surface area contributed by atoms with E-state index in [2.05, 4.69) is 20.5 Å². The fourth-order valence-electron chi connectivity index (χ4n) is 3.33. The second-order valence-electron chi connectivity index (χ2n) is 7.05. The number of nitrogens with one attached hydrogen (secondary N) is 2. The molecule has 0 unspecified atom stereocenters. The van der Waals surface area contributed by atoms with Gasteiger partial charge in [-0.25, -0.2) is 4.98 Å². The molecule has 5 aromatic rings. The number of carbonyl (C=O) groups is 1. The van der Waals surface area contributed by atoms with Gasteiger partial charge in [-0.05, 0) is 48.9 Å². The highest BCUT2D eigenvalue weighted by molar-refractivity contribution is 6.04. The lowest BCUT2D eigenvalue weighted by atomic mass is 10.1. The Bertz CT molecular complexity index is 1330. The van der Waals surface area contributed by atoms with Crippen LogP contribution >= 0.6 is 0 Å². The van der Waals surface area contributed by atoms with Crippen LogP contribution in [0.25, 0.3) is 33.8 Å². The number of hydrogen-bond acceptors (Lipinski definition) is 4. The largest absolute Gasteiger partial charge is 0.436 e. The molecular formula is C24H18N4O2. The average Bonchev–Trinajstić information content (AvgIpc) is 3.41. The number of amides is 1. The first kappa shape index (κ1) is 17.9. The van der Waals surface area contributed by atoms with Crippen LogP contribution in [0.4, 0.5) is 5.69 Å². The number of aryl methyl sites for hydroxylation is 1. The van der Waals surface area contributed by atoms with Gasteiger partial charge in [-0.1, -0.05) is 36.4 Å². The summed E-state index contributed by atoms with van der Waals surface area (Å²) in [5, 5.41) is 10.1. The molecule has 0 spiro atoms. The zero-order chi connectivity index (χ0) is 20.5. The maximum Gasteiger partial charge on any atom is 0.255 e. The highest BCUT2D eigenvalue weighted by atomic mass is 16.3. The molecule has 0 bridgehead atoms. The maximum atomic E-state index is 12.3. The van der Waals surface area contributed by atoms with Crippen LogP contribution in [0, 0.1) is 6.92 Å². The summed E-state index contributed by atoms with van der Waals surface area (Å²) >= 11 is 0. The first-order valence-electron chi connectivity index (χ1n) is 9.55. The van der Waals surface area contributed by atoms with E-state index in [1.165, 1.54) is 0 Å². The lowest BCUT2D eigenvalue weighted by Crippen LogP contribution is -2.11. The summed E-state index contributed by atoms with van der Waals surface area (Å²) in [6.07, 6.45) is 1.71. The molecule has 0 aliphatic carbocycles. The summed E-state index contributed by atoms with van der Waals surface area (Å²) in [6, 6.07) is 22.6. The van der Waals surface area contributed by atoms with Crippen LogP contribution < -0.4 is 5.32 Å². The third-order valence-electron chi connectivity index (χ3n) is 4.88. The Balaban J connectivity index is 1.41. The summed E-state index contributed by atoms with van der Waals surface area (Å²) in [5.74, 6) is 0.369. The van der Waals surface area contributed by atoms with Crippen molar-refractivity contribution >= 4 is 22.7 Å². The first-order valence-corrected chi connectivity index (χ1v) is 9.55. The Kier molecular flexibility index (Phi) is 4.37. The molecule has 1 amide bonds. The number of nitrogens with zero attached hydrogens (tertiary/aromatic N) is 2. The monoisotopic (exact) mass is 394 g/mol. The molecule has 0 saturated heterocycles. The van der Waals surface area contributed by atoms with Crippen molar-refractivity contribution in [2.45, 2.75) is 6.92 Å². The van der Waals surface area contributed by atoms with Gasteiger partial charge in [0.05, 0.1) is 17.5 Å². The minimum absolute atomic E-state index is 0.146. The number of hydrogen-bond donors (Lipinski definition) is 2. The molecule has 0 atom stereocenters. The third-order valence-corrected chi connectivity index (χ3v) is 4.88. The van der Waals surface area contributed by atoms with Crippen molar-refractivity contribution in [1.82, 2.24) is 15.2 Å². The van der Waals surface area contributed by atoms with Gasteiger partial charge in [-0.2, -0.15) is 5.10 Å². The van der Waals surface area contributed by atoms with Gasteiger partial charge in [-0.15, -0.1) is 0 Å². The zero-order valence-corrected chi connectivity index (χ0v) is 16.2. The molecule has 2 aromatic heterocycles. The molecular weight excluding hydrogens is 376 g/mol. The molecule has 0 aliphatic heterocycles. The average molecular weight is 394 g/mol. The number of aromatic amines is 1. The number of carbonyl (C=O) groups excluding carboxylic acids is 1. The molecule has 2 N–H and O–H groups in total. The maximum absolute atomic E-state index is 12.3. The fourth-order valence-corrected chi connectivity index (χ4v) is 3.33. The molecule has 146 valence electrons. The third kappa shape index (κ3) is 3.35. The molecule has 6 nitrogen and oxygen atoms in total. The molecule has 3 aromatic carbocycles. The summed E-state index contributed by atoms with van der Waals surface area (Å²) in [4.78, 5) is 16.9. The summed E-state index contributed by atoms with van der Waals surface area (Å²) < 4.78 is 5.93. The standard InChI is InChI=1S/C24H18N4O2/c1-15-7-12-21-20(13-15)27-24(30-21)19-14-25-28-22(19)16-8-10-18(11-9-16)26-23(29)17-5-3-2-4-6-17/h2-14H,1H3,(H,25,28)(H,26,29). The van der Waals surface area contributed by atoms with E-state index in [0.717, 1.165) is 33.5 Å². The zero-order valence-electron chi connectivity index (χ0n) is 16.2. The SMILES string of the molecule is Cc1ccc2oc(-c3cn[nH]c3-c3ccc(NC(=O)c4ccccc4)cc3)nc2c1. The summed E-state index contributed by atoms with van der Waals surface area (Å²) in [5.41, 5.74) is 6.51. The Morgan fingerprint density at radius 3 is 2.60 bits per heavy atom. The Hall–Kier alpha value is -4.19. The second kappa shape index (κ2) is 7.33. The lowest BCUT2D eigenvalue weighted by molar-refractivity contribution is 0.102. The van der Waals surface area contributed by atoms with Crippen LogP contribution in [0.1, 0.15) is 15.9 Å².